The molecular formula is C17H17N3O3. The van der Waals surface area contributed by atoms with Gasteiger partial charge in [0.15, 0.2) is 0 Å². The van der Waals surface area contributed by atoms with Crippen LogP contribution in [-0.4, -0.2) is 23.9 Å². The van der Waals surface area contributed by atoms with Gasteiger partial charge in [-0.1, -0.05) is 24.3 Å². The van der Waals surface area contributed by atoms with Crippen molar-refractivity contribution in [1.29, 1.82) is 0 Å². The lowest BCUT2D eigenvalue weighted by Gasteiger charge is -2.30. The van der Waals surface area contributed by atoms with E-state index in [-0.39, 0.29) is 18.1 Å². The van der Waals surface area contributed by atoms with Crippen molar-refractivity contribution in [1.82, 2.24) is 0 Å². The molecule has 0 saturated heterocycles. The lowest BCUT2D eigenvalue weighted by atomic mass is 10.0. The van der Waals surface area contributed by atoms with Gasteiger partial charge >= 0.3 is 0 Å². The maximum Gasteiger partial charge on any atom is 0.271 e. The minimum absolute atomic E-state index is 0.0360. The van der Waals surface area contributed by atoms with Crippen LogP contribution in [0.15, 0.2) is 48.5 Å². The van der Waals surface area contributed by atoms with Crippen LogP contribution in [0.2, 0.25) is 0 Å². The van der Waals surface area contributed by atoms with E-state index >= 15 is 0 Å². The second-order valence-electron chi connectivity index (χ2n) is 5.51. The molecule has 2 aromatic carbocycles. The number of anilines is 2. The van der Waals surface area contributed by atoms with Gasteiger partial charge in [-0.3, -0.25) is 14.9 Å². The Hall–Kier alpha value is -2.89. The van der Waals surface area contributed by atoms with Gasteiger partial charge in [-0.05, 0) is 30.5 Å². The molecule has 6 heteroatoms. The van der Waals surface area contributed by atoms with E-state index < -0.39 is 4.92 Å². The SMILES string of the molecule is O=C(CN1CCCc2ccccc21)Nc1cccc([N+](=O)[O-])c1. The summed E-state index contributed by atoms with van der Waals surface area (Å²) in [6.45, 7) is 1.07. The van der Waals surface area contributed by atoms with Crippen LogP contribution in [0.1, 0.15) is 12.0 Å². The summed E-state index contributed by atoms with van der Waals surface area (Å²) in [6.07, 6.45) is 2.04. The molecule has 2 aromatic rings. The molecular weight excluding hydrogens is 294 g/mol. The highest BCUT2D eigenvalue weighted by atomic mass is 16.6. The number of amides is 1. The number of carbonyl (C=O) groups excluding carboxylic acids is 1. The smallest absolute Gasteiger partial charge is 0.271 e. The molecule has 6 nitrogen and oxygen atoms in total. The highest BCUT2D eigenvalue weighted by Crippen LogP contribution is 2.26. The fourth-order valence-corrected chi connectivity index (χ4v) is 2.85. The number of aryl methyl sites for hydroxylation is 1. The zero-order valence-corrected chi connectivity index (χ0v) is 12.6. The van der Waals surface area contributed by atoms with Gasteiger partial charge in [0.05, 0.1) is 11.5 Å². The normalized spacial score (nSPS) is 13.3. The van der Waals surface area contributed by atoms with E-state index in [1.165, 1.54) is 17.7 Å². The Morgan fingerprint density at radius 2 is 2.04 bits per heavy atom. The van der Waals surface area contributed by atoms with Crippen LogP contribution in [0, 0.1) is 10.1 Å². The van der Waals surface area contributed by atoms with E-state index in [4.69, 9.17) is 0 Å². The largest absolute Gasteiger partial charge is 0.362 e. The molecule has 3 rings (SSSR count). The van der Waals surface area contributed by atoms with Crippen molar-refractivity contribution in [2.75, 3.05) is 23.3 Å². The number of nitro benzene ring substituents is 1. The molecule has 118 valence electrons. The van der Waals surface area contributed by atoms with Crippen molar-refractivity contribution >= 4 is 23.0 Å². The van der Waals surface area contributed by atoms with Crippen molar-refractivity contribution in [3.05, 3.63) is 64.2 Å². The third-order valence-corrected chi connectivity index (χ3v) is 3.88. The van der Waals surface area contributed by atoms with Crippen LogP contribution in [0.5, 0.6) is 0 Å². The van der Waals surface area contributed by atoms with E-state index in [9.17, 15) is 14.9 Å². The van der Waals surface area contributed by atoms with Gasteiger partial charge in [0.25, 0.3) is 5.69 Å². The van der Waals surface area contributed by atoms with Crippen LogP contribution in [0.4, 0.5) is 17.1 Å². The first-order chi connectivity index (χ1) is 11.1. The molecule has 1 aliphatic rings. The average Bonchev–Trinajstić information content (AvgIpc) is 2.55. The highest BCUT2D eigenvalue weighted by molar-refractivity contribution is 5.94. The lowest BCUT2D eigenvalue weighted by molar-refractivity contribution is -0.384. The summed E-state index contributed by atoms with van der Waals surface area (Å²) in [5, 5.41) is 13.5. The fourth-order valence-electron chi connectivity index (χ4n) is 2.85. The molecule has 0 fully saturated rings. The number of non-ortho nitro benzene ring substituents is 1. The molecule has 23 heavy (non-hydrogen) atoms. The van der Waals surface area contributed by atoms with E-state index in [1.54, 1.807) is 12.1 Å². The number of fused-ring (bicyclic) bond motifs is 1. The first kappa shape index (κ1) is 15.0. The summed E-state index contributed by atoms with van der Waals surface area (Å²) in [7, 11) is 0. The standard InChI is InChI=1S/C17H17N3O3/c21-17(18-14-7-3-8-15(11-14)20(22)23)12-19-10-4-6-13-5-1-2-9-16(13)19/h1-3,5,7-9,11H,4,6,10,12H2,(H,18,21). The molecule has 0 unspecified atom stereocenters. The third-order valence-electron chi connectivity index (χ3n) is 3.88. The molecule has 0 bridgehead atoms. The molecule has 1 N–H and O–H groups in total. The van der Waals surface area contributed by atoms with Gasteiger partial charge in [-0.2, -0.15) is 0 Å². The fraction of sp³-hybridized carbons (Fsp3) is 0.235. The van der Waals surface area contributed by atoms with Crippen LogP contribution in [0.25, 0.3) is 0 Å². The molecule has 0 saturated carbocycles. The van der Waals surface area contributed by atoms with Crippen molar-refractivity contribution in [2.24, 2.45) is 0 Å². The molecule has 1 heterocycles. The molecule has 0 atom stereocenters. The van der Waals surface area contributed by atoms with Crippen LogP contribution in [0.3, 0.4) is 0 Å². The first-order valence-corrected chi connectivity index (χ1v) is 7.50. The van der Waals surface area contributed by atoms with Crippen LogP contribution < -0.4 is 10.2 Å². The molecule has 0 aliphatic carbocycles. The predicted molar refractivity (Wildman–Crippen MR) is 88.7 cm³/mol. The summed E-state index contributed by atoms with van der Waals surface area (Å²) >= 11 is 0. The van der Waals surface area contributed by atoms with Gasteiger partial charge in [0, 0.05) is 30.1 Å². The van der Waals surface area contributed by atoms with Crippen molar-refractivity contribution < 1.29 is 9.72 Å². The molecule has 0 aromatic heterocycles. The third kappa shape index (κ3) is 3.48. The van der Waals surface area contributed by atoms with Crippen LogP contribution in [-0.2, 0) is 11.2 Å². The monoisotopic (exact) mass is 311 g/mol. The topological polar surface area (TPSA) is 75.5 Å². The summed E-state index contributed by atoms with van der Waals surface area (Å²) in [4.78, 5) is 24.6. The minimum atomic E-state index is -0.476. The Balaban J connectivity index is 1.69. The Morgan fingerprint density at radius 1 is 1.22 bits per heavy atom. The molecule has 0 spiro atoms. The van der Waals surface area contributed by atoms with Gasteiger partial charge < -0.3 is 10.2 Å². The Kier molecular flexibility index (Phi) is 4.23. The summed E-state index contributed by atoms with van der Waals surface area (Å²) in [6, 6.07) is 14.0. The summed E-state index contributed by atoms with van der Waals surface area (Å²) < 4.78 is 0. The number of hydrogen-bond donors (Lipinski definition) is 1. The van der Waals surface area contributed by atoms with E-state index in [2.05, 4.69) is 11.4 Å². The molecule has 1 amide bonds. The number of carbonyl (C=O) groups is 1. The molecule has 1 aliphatic heterocycles. The maximum absolute atomic E-state index is 12.2. The zero-order chi connectivity index (χ0) is 16.2. The maximum atomic E-state index is 12.2. The van der Waals surface area contributed by atoms with Gasteiger partial charge in [0.2, 0.25) is 5.91 Å². The number of para-hydroxylation sites is 1. The van der Waals surface area contributed by atoms with Gasteiger partial charge in [0.1, 0.15) is 0 Å². The summed E-state index contributed by atoms with van der Waals surface area (Å²) in [5.41, 5.74) is 2.75. The average molecular weight is 311 g/mol. The number of nitrogens with one attached hydrogen (secondary N) is 1. The van der Waals surface area contributed by atoms with E-state index in [0.717, 1.165) is 25.1 Å². The quantitative estimate of drug-likeness (QED) is 0.695. The second kappa shape index (κ2) is 6.48. The van der Waals surface area contributed by atoms with Gasteiger partial charge in [-0.25, -0.2) is 0 Å². The van der Waals surface area contributed by atoms with Crippen molar-refractivity contribution in [3.63, 3.8) is 0 Å². The second-order valence-corrected chi connectivity index (χ2v) is 5.51. The minimum Gasteiger partial charge on any atom is -0.362 e. The Labute approximate surface area is 133 Å². The number of benzene rings is 2. The lowest BCUT2D eigenvalue weighted by Crippen LogP contribution is -2.36. The van der Waals surface area contributed by atoms with E-state index in [0.29, 0.717) is 5.69 Å². The first-order valence-electron chi connectivity index (χ1n) is 7.50. The summed E-state index contributed by atoms with van der Waals surface area (Å²) in [5.74, 6) is -0.179. The number of rotatable bonds is 4. The Morgan fingerprint density at radius 3 is 2.87 bits per heavy atom. The number of nitrogens with zero attached hydrogens (tertiary/aromatic N) is 2. The Bertz CT molecular complexity index is 745. The zero-order valence-electron chi connectivity index (χ0n) is 12.6. The number of nitro groups is 1. The van der Waals surface area contributed by atoms with Crippen molar-refractivity contribution in [3.8, 4) is 0 Å². The highest BCUT2D eigenvalue weighted by Gasteiger charge is 2.18. The van der Waals surface area contributed by atoms with E-state index in [1.807, 2.05) is 23.1 Å². The van der Waals surface area contributed by atoms with Gasteiger partial charge in [-0.15, -0.1) is 0 Å². The predicted octanol–water partition coefficient (Wildman–Crippen LogP) is 2.99. The molecule has 0 radical (unpaired) electrons. The number of hydrogen-bond acceptors (Lipinski definition) is 4. The van der Waals surface area contributed by atoms with Crippen molar-refractivity contribution in [2.45, 2.75) is 12.8 Å². The van der Waals surface area contributed by atoms with Crippen LogP contribution >= 0.6 is 0 Å².